The molecule has 1 aromatic rings. The zero-order valence-corrected chi connectivity index (χ0v) is 9.08. The summed E-state index contributed by atoms with van der Waals surface area (Å²) in [5, 5.41) is 13.3. The lowest BCUT2D eigenvalue weighted by molar-refractivity contribution is -0.387. The van der Waals surface area contributed by atoms with Gasteiger partial charge >= 0.3 is 5.69 Å². The number of rotatable bonds is 6. The molecular formula is C11H12F2N2O2. The number of nitrogens with zero attached hydrogens (tertiary/aromatic N) is 1. The van der Waals surface area contributed by atoms with Gasteiger partial charge in [-0.2, -0.15) is 4.39 Å². The van der Waals surface area contributed by atoms with Crippen molar-refractivity contribution in [2.75, 3.05) is 6.54 Å². The van der Waals surface area contributed by atoms with Crippen LogP contribution in [0.3, 0.4) is 0 Å². The number of benzene rings is 1. The van der Waals surface area contributed by atoms with Gasteiger partial charge in [-0.15, -0.1) is 6.58 Å². The summed E-state index contributed by atoms with van der Waals surface area (Å²) in [5.74, 6) is -1.96. The van der Waals surface area contributed by atoms with Crippen LogP contribution in [0, 0.1) is 21.7 Å². The third-order valence-electron chi connectivity index (χ3n) is 2.15. The normalized spacial score (nSPS) is 10.2. The molecule has 1 N–H and O–H groups in total. The number of hydrogen-bond acceptors (Lipinski definition) is 3. The first kappa shape index (κ1) is 13.2. The summed E-state index contributed by atoms with van der Waals surface area (Å²) >= 11 is 0. The third-order valence-corrected chi connectivity index (χ3v) is 2.15. The average Bonchev–Trinajstić information content (AvgIpc) is 2.26. The van der Waals surface area contributed by atoms with Crippen LogP contribution >= 0.6 is 0 Å². The van der Waals surface area contributed by atoms with Crippen LogP contribution in [-0.4, -0.2) is 11.5 Å². The predicted molar refractivity (Wildman–Crippen MR) is 59.5 cm³/mol. The molecule has 1 aromatic carbocycles. The minimum Gasteiger partial charge on any atom is -0.312 e. The molecule has 0 bridgehead atoms. The quantitative estimate of drug-likeness (QED) is 0.361. The van der Waals surface area contributed by atoms with E-state index in [1.165, 1.54) is 0 Å². The molecule has 0 saturated heterocycles. The van der Waals surface area contributed by atoms with E-state index in [0.717, 1.165) is 6.07 Å². The number of hydrogen-bond donors (Lipinski definition) is 1. The average molecular weight is 242 g/mol. The Kier molecular flexibility index (Phi) is 4.71. The summed E-state index contributed by atoms with van der Waals surface area (Å²) in [6.45, 7) is 4.21. The Bertz CT molecular complexity index is 436. The number of nitro benzene ring substituents is 1. The van der Waals surface area contributed by atoms with E-state index in [-0.39, 0.29) is 12.1 Å². The van der Waals surface area contributed by atoms with Crippen LogP contribution in [0.2, 0.25) is 0 Å². The van der Waals surface area contributed by atoms with Crippen LogP contribution in [0.1, 0.15) is 12.0 Å². The van der Waals surface area contributed by atoms with Gasteiger partial charge in [0.05, 0.1) is 4.92 Å². The van der Waals surface area contributed by atoms with Gasteiger partial charge in [0, 0.05) is 24.2 Å². The molecule has 0 heterocycles. The highest BCUT2D eigenvalue weighted by Crippen LogP contribution is 2.21. The molecule has 17 heavy (non-hydrogen) atoms. The van der Waals surface area contributed by atoms with E-state index in [1.54, 1.807) is 6.08 Å². The molecule has 0 radical (unpaired) electrons. The molecule has 0 saturated carbocycles. The van der Waals surface area contributed by atoms with Crippen molar-refractivity contribution in [3.05, 3.63) is 52.1 Å². The summed E-state index contributed by atoms with van der Waals surface area (Å²) in [7, 11) is 0. The monoisotopic (exact) mass is 242 g/mol. The Hall–Kier alpha value is -1.82. The van der Waals surface area contributed by atoms with E-state index < -0.39 is 22.2 Å². The molecule has 0 aliphatic heterocycles. The smallest absolute Gasteiger partial charge is 0.305 e. The molecule has 1 rings (SSSR count). The van der Waals surface area contributed by atoms with Crippen molar-refractivity contribution in [3.63, 3.8) is 0 Å². The predicted octanol–water partition coefficient (Wildman–Crippen LogP) is 2.54. The van der Waals surface area contributed by atoms with E-state index in [4.69, 9.17) is 0 Å². The van der Waals surface area contributed by atoms with E-state index in [9.17, 15) is 18.9 Å². The SMILES string of the molecule is C=CCCNCc1cc([N+](=O)[O-])c(F)cc1F. The van der Waals surface area contributed by atoms with Gasteiger partial charge in [-0.25, -0.2) is 4.39 Å². The molecule has 0 aliphatic rings. The summed E-state index contributed by atoms with van der Waals surface area (Å²) in [6.07, 6.45) is 2.39. The molecule has 6 heteroatoms. The molecular weight excluding hydrogens is 230 g/mol. The van der Waals surface area contributed by atoms with Crippen LogP contribution in [0.25, 0.3) is 0 Å². The highest BCUT2D eigenvalue weighted by Gasteiger charge is 2.17. The zero-order valence-electron chi connectivity index (χ0n) is 9.08. The van der Waals surface area contributed by atoms with Gasteiger partial charge < -0.3 is 5.32 Å². The fourth-order valence-corrected chi connectivity index (χ4v) is 1.28. The number of halogens is 2. The molecule has 4 nitrogen and oxygen atoms in total. The number of nitrogens with one attached hydrogen (secondary N) is 1. The third kappa shape index (κ3) is 3.60. The lowest BCUT2D eigenvalue weighted by Crippen LogP contribution is -2.15. The van der Waals surface area contributed by atoms with Gasteiger partial charge in [-0.3, -0.25) is 10.1 Å². The first-order valence-electron chi connectivity index (χ1n) is 5.00. The summed E-state index contributed by atoms with van der Waals surface area (Å²) in [5.41, 5.74) is -0.644. The standard InChI is InChI=1S/C11H12F2N2O2/c1-2-3-4-14-7-8-5-11(15(16)17)10(13)6-9(8)12/h2,5-6,14H,1,3-4,7H2. The topological polar surface area (TPSA) is 55.2 Å². The molecule has 0 amide bonds. The van der Waals surface area contributed by atoms with Crippen molar-refractivity contribution >= 4 is 5.69 Å². The van der Waals surface area contributed by atoms with E-state index in [2.05, 4.69) is 11.9 Å². The van der Waals surface area contributed by atoms with Crippen LogP contribution in [0.4, 0.5) is 14.5 Å². The van der Waals surface area contributed by atoms with Gasteiger partial charge in [0.25, 0.3) is 0 Å². The second-order valence-corrected chi connectivity index (χ2v) is 3.41. The van der Waals surface area contributed by atoms with E-state index in [0.29, 0.717) is 19.0 Å². The van der Waals surface area contributed by atoms with Gasteiger partial charge in [-0.05, 0) is 13.0 Å². The second-order valence-electron chi connectivity index (χ2n) is 3.41. The van der Waals surface area contributed by atoms with Crippen molar-refractivity contribution in [1.82, 2.24) is 5.32 Å². The highest BCUT2D eigenvalue weighted by molar-refractivity contribution is 5.37. The van der Waals surface area contributed by atoms with Crippen molar-refractivity contribution in [3.8, 4) is 0 Å². The summed E-state index contributed by atoms with van der Waals surface area (Å²) in [6, 6.07) is 1.44. The Labute approximate surface area is 97.1 Å². The molecule has 0 aliphatic carbocycles. The second kappa shape index (κ2) is 6.05. The van der Waals surface area contributed by atoms with Crippen LogP contribution in [0.15, 0.2) is 24.8 Å². The minimum atomic E-state index is -1.16. The first-order valence-corrected chi connectivity index (χ1v) is 5.00. The summed E-state index contributed by atoms with van der Waals surface area (Å²) < 4.78 is 26.3. The van der Waals surface area contributed by atoms with Crippen molar-refractivity contribution in [2.45, 2.75) is 13.0 Å². The molecule has 92 valence electrons. The Morgan fingerprint density at radius 2 is 2.12 bits per heavy atom. The molecule has 0 atom stereocenters. The summed E-state index contributed by atoms with van der Waals surface area (Å²) in [4.78, 5) is 9.60. The Balaban J connectivity index is 2.81. The van der Waals surface area contributed by atoms with Crippen LogP contribution in [0.5, 0.6) is 0 Å². The molecule has 0 unspecified atom stereocenters. The maximum absolute atomic E-state index is 13.3. The zero-order chi connectivity index (χ0) is 12.8. The Morgan fingerprint density at radius 3 is 2.71 bits per heavy atom. The maximum atomic E-state index is 13.3. The van der Waals surface area contributed by atoms with Crippen LogP contribution in [-0.2, 0) is 6.54 Å². The van der Waals surface area contributed by atoms with Gasteiger partial charge in [0.2, 0.25) is 5.82 Å². The van der Waals surface area contributed by atoms with Crippen molar-refractivity contribution < 1.29 is 13.7 Å². The molecule has 0 aromatic heterocycles. The maximum Gasteiger partial charge on any atom is 0.305 e. The van der Waals surface area contributed by atoms with Crippen molar-refractivity contribution in [1.29, 1.82) is 0 Å². The first-order chi connectivity index (χ1) is 8.06. The minimum absolute atomic E-state index is 0.0714. The molecule has 0 fully saturated rings. The van der Waals surface area contributed by atoms with E-state index >= 15 is 0 Å². The lowest BCUT2D eigenvalue weighted by atomic mass is 10.1. The van der Waals surface area contributed by atoms with Gasteiger partial charge in [0.1, 0.15) is 5.82 Å². The van der Waals surface area contributed by atoms with Crippen molar-refractivity contribution in [2.24, 2.45) is 0 Å². The van der Waals surface area contributed by atoms with Gasteiger partial charge in [0.15, 0.2) is 0 Å². The largest absolute Gasteiger partial charge is 0.312 e. The number of nitro groups is 1. The highest BCUT2D eigenvalue weighted by atomic mass is 19.1. The fourth-order valence-electron chi connectivity index (χ4n) is 1.28. The molecule has 0 spiro atoms. The van der Waals surface area contributed by atoms with Gasteiger partial charge in [-0.1, -0.05) is 6.08 Å². The fraction of sp³-hybridized carbons (Fsp3) is 0.273. The Morgan fingerprint density at radius 1 is 1.41 bits per heavy atom. The van der Waals surface area contributed by atoms with Crippen LogP contribution < -0.4 is 5.32 Å². The lowest BCUT2D eigenvalue weighted by Gasteiger charge is -2.05. The van der Waals surface area contributed by atoms with E-state index in [1.807, 2.05) is 0 Å².